The van der Waals surface area contributed by atoms with Crippen LogP contribution in [0, 0.1) is 0 Å². The molecule has 4 rings (SSSR count). The maximum atomic E-state index is 12.8. The summed E-state index contributed by atoms with van der Waals surface area (Å²) in [4.78, 5) is 27.0. The Morgan fingerprint density at radius 2 is 1.90 bits per heavy atom. The van der Waals surface area contributed by atoms with E-state index in [-0.39, 0.29) is 12.0 Å². The largest absolute Gasteiger partial charge is 0.491 e. The van der Waals surface area contributed by atoms with Crippen molar-refractivity contribution in [2.45, 2.75) is 44.9 Å². The fourth-order valence-corrected chi connectivity index (χ4v) is 3.87. The van der Waals surface area contributed by atoms with E-state index >= 15 is 0 Å². The molecule has 0 spiro atoms. The molecule has 30 heavy (non-hydrogen) atoms. The van der Waals surface area contributed by atoms with Crippen molar-refractivity contribution in [1.29, 1.82) is 0 Å². The van der Waals surface area contributed by atoms with Crippen LogP contribution in [0.4, 0.5) is 0 Å². The Morgan fingerprint density at radius 3 is 2.63 bits per heavy atom. The quantitative estimate of drug-likeness (QED) is 0.685. The molecule has 0 unspecified atom stereocenters. The lowest BCUT2D eigenvalue weighted by Gasteiger charge is -2.30. The highest BCUT2D eigenvalue weighted by molar-refractivity contribution is 5.92. The fourth-order valence-electron chi connectivity index (χ4n) is 3.87. The van der Waals surface area contributed by atoms with Crippen molar-refractivity contribution < 1.29 is 23.8 Å². The van der Waals surface area contributed by atoms with Crippen LogP contribution in [-0.4, -0.2) is 48.7 Å². The number of carbonyl (C=O) groups is 2. The third kappa shape index (κ3) is 4.82. The number of fused-ring (bicyclic) bond motifs is 1. The van der Waals surface area contributed by atoms with Gasteiger partial charge in [-0.3, -0.25) is 4.79 Å². The fraction of sp³-hybridized carbons (Fsp3) is 0.417. The molecule has 0 saturated carbocycles. The van der Waals surface area contributed by atoms with Crippen LogP contribution >= 0.6 is 0 Å². The van der Waals surface area contributed by atoms with Gasteiger partial charge in [0.1, 0.15) is 12.4 Å². The molecule has 1 saturated heterocycles. The monoisotopic (exact) mass is 409 g/mol. The summed E-state index contributed by atoms with van der Waals surface area (Å²) in [6.07, 6.45) is 2.20. The average Bonchev–Trinajstić information content (AvgIpc) is 3.31. The number of ether oxygens (including phenoxy) is 3. The molecule has 1 amide bonds. The molecule has 2 atom stereocenters. The maximum Gasteiger partial charge on any atom is 0.338 e. The zero-order valence-corrected chi connectivity index (χ0v) is 17.2. The van der Waals surface area contributed by atoms with Crippen molar-refractivity contribution in [3.8, 4) is 5.75 Å². The minimum atomic E-state index is -0.835. The second-order valence-electron chi connectivity index (χ2n) is 7.80. The zero-order chi connectivity index (χ0) is 20.9. The highest BCUT2D eigenvalue weighted by Crippen LogP contribution is 2.20. The van der Waals surface area contributed by atoms with E-state index in [0.29, 0.717) is 31.0 Å². The van der Waals surface area contributed by atoms with Crippen LogP contribution in [0.15, 0.2) is 48.5 Å². The summed E-state index contributed by atoms with van der Waals surface area (Å²) in [6.45, 7) is 4.11. The Balaban J connectivity index is 1.29. The van der Waals surface area contributed by atoms with Gasteiger partial charge in [0.25, 0.3) is 5.91 Å². The maximum absolute atomic E-state index is 12.8. The SMILES string of the molecule is C[C@H](OC(=O)c1ccc(OC[C@@H]2CCCO2)cc1)C(=O)N1CCc2ccccc2C1. The Hall–Kier alpha value is -2.86. The molecule has 2 aliphatic heterocycles. The molecule has 0 radical (unpaired) electrons. The zero-order valence-electron chi connectivity index (χ0n) is 17.2. The molecule has 158 valence electrons. The molecule has 2 aromatic carbocycles. The molecule has 0 bridgehead atoms. The molecule has 6 nitrogen and oxygen atoms in total. The average molecular weight is 409 g/mol. The summed E-state index contributed by atoms with van der Waals surface area (Å²) in [7, 11) is 0. The third-order valence-electron chi connectivity index (χ3n) is 5.62. The van der Waals surface area contributed by atoms with Crippen LogP contribution in [0.2, 0.25) is 0 Å². The van der Waals surface area contributed by atoms with Crippen LogP contribution in [0.1, 0.15) is 41.3 Å². The van der Waals surface area contributed by atoms with E-state index in [1.165, 1.54) is 5.56 Å². The second kappa shape index (κ2) is 9.30. The second-order valence-corrected chi connectivity index (χ2v) is 7.80. The van der Waals surface area contributed by atoms with Gasteiger partial charge in [0.05, 0.1) is 11.7 Å². The predicted molar refractivity (Wildman–Crippen MR) is 111 cm³/mol. The number of rotatable bonds is 6. The molecule has 2 aromatic rings. The van der Waals surface area contributed by atoms with Gasteiger partial charge in [0, 0.05) is 19.7 Å². The lowest BCUT2D eigenvalue weighted by Crippen LogP contribution is -2.42. The van der Waals surface area contributed by atoms with Gasteiger partial charge in [-0.1, -0.05) is 24.3 Å². The molecule has 2 heterocycles. The Labute approximate surface area is 176 Å². The van der Waals surface area contributed by atoms with Gasteiger partial charge >= 0.3 is 5.97 Å². The van der Waals surface area contributed by atoms with Crippen molar-refractivity contribution in [2.24, 2.45) is 0 Å². The Morgan fingerprint density at radius 1 is 1.13 bits per heavy atom. The van der Waals surface area contributed by atoms with Gasteiger partial charge in [0.15, 0.2) is 6.10 Å². The van der Waals surface area contributed by atoms with Crippen LogP contribution in [-0.2, 0) is 27.2 Å². The standard InChI is InChI=1S/C24H27NO5/c1-17(23(26)25-13-12-18-5-2-3-6-20(18)15-25)30-24(27)19-8-10-21(11-9-19)29-16-22-7-4-14-28-22/h2-3,5-6,8-11,17,22H,4,7,12-16H2,1H3/t17-,22-/m0/s1. The molecule has 1 fully saturated rings. The number of carbonyl (C=O) groups excluding carboxylic acids is 2. The molecule has 0 aliphatic carbocycles. The predicted octanol–water partition coefficient (Wildman–Crippen LogP) is 3.37. The number of amides is 1. The van der Waals surface area contributed by atoms with Gasteiger partial charge in [-0.25, -0.2) is 4.79 Å². The van der Waals surface area contributed by atoms with E-state index in [4.69, 9.17) is 14.2 Å². The summed E-state index contributed by atoms with van der Waals surface area (Å²) < 4.78 is 16.7. The molecular weight excluding hydrogens is 382 g/mol. The van der Waals surface area contributed by atoms with Gasteiger partial charge < -0.3 is 19.1 Å². The van der Waals surface area contributed by atoms with Crippen LogP contribution in [0.3, 0.4) is 0 Å². The number of nitrogens with zero attached hydrogens (tertiary/aromatic N) is 1. The lowest BCUT2D eigenvalue weighted by molar-refractivity contribution is -0.140. The molecule has 0 N–H and O–H groups in total. The Kier molecular flexibility index (Phi) is 6.33. The summed E-state index contributed by atoms with van der Waals surface area (Å²) >= 11 is 0. The van der Waals surface area contributed by atoms with Crippen molar-refractivity contribution >= 4 is 11.9 Å². The van der Waals surface area contributed by atoms with Crippen LogP contribution in [0.25, 0.3) is 0 Å². The third-order valence-corrected chi connectivity index (χ3v) is 5.62. The van der Waals surface area contributed by atoms with Crippen LogP contribution in [0.5, 0.6) is 5.75 Å². The highest BCUT2D eigenvalue weighted by Gasteiger charge is 2.27. The van der Waals surface area contributed by atoms with E-state index in [2.05, 4.69) is 6.07 Å². The van der Waals surface area contributed by atoms with Crippen molar-refractivity contribution in [3.05, 3.63) is 65.2 Å². The minimum Gasteiger partial charge on any atom is -0.491 e. The van der Waals surface area contributed by atoms with Gasteiger partial charge in [-0.2, -0.15) is 0 Å². The number of esters is 1. The summed E-state index contributed by atoms with van der Waals surface area (Å²) in [6, 6.07) is 14.9. The van der Waals surface area contributed by atoms with Gasteiger partial charge in [-0.05, 0) is 61.6 Å². The van der Waals surface area contributed by atoms with Crippen molar-refractivity contribution in [2.75, 3.05) is 19.8 Å². The van der Waals surface area contributed by atoms with E-state index in [1.54, 1.807) is 36.1 Å². The van der Waals surface area contributed by atoms with E-state index < -0.39 is 12.1 Å². The topological polar surface area (TPSA) is 65.1 Å². The normalized spacial score (nSPS) is 19.1. The first-order valence-corrected chi connectivity index (χ1v) is 10.5. The lowest BCUT2D eigenvalue weighted by atomic mass is 9.99. The number of benzene rings is 2. The van der Waals surface area contributed by atoms with Gasteiger partial charge in [0.2, 0.25) is 0 Å². The first-order valence-electron chi connectivity index (χ1n) is 10.5. The Bertz CT molecular complexity index is 889. The summed E-state index contributed by atoms with van der Waals surface area (Å²) in [5.74, 6) is -0.00790. The van der Waals surface area contributed by atoms with E-state index in [9.17, 15) is 9.59 Å². The van der Waals surface area contributed by atoms with Gasteiger partial charge in [-0.15, -0.1) is 0 Å². The van der Waals surface area contributed by atoms with E-state index in [0.717, 1.165) is 31.4 Å². The number of hydrogen-bond acceptors (Lipinski definition) is 5. The minimum absolute atomic E-state index is 0.142. The smallest absolute Gasteiger partial charge is 0.338 e. The number of hydrogen-bond donors (Lipinski definition) is 0. The van der Waals surface area contributed by atoms with Crippen LogP contribution < -0.4 is 4.74 Å². The van der Waals surface area contributed by atoms with Crippen molar-refractivity contribution in [1.82, 2.24) is 4.90 Å². The molecule has 0 aromatic heterocycles. The van der Waals surface area contributed by atoms with E-state index in [1.807, 2.05) is 18.2 Å². The molecule has 2 aliphatic rings. The molecular formula is C24H27NO5. The van der Waals surface area contributed by atoms with Crippen molar-refractivity contribution in [3.63, 3.8) is 0 Å². The first-order chi connectivity index (χ1) is 14.6. The summed E-state index contributed by atoms with van der Waals surface area (Å²) in [5.41, 5.74) is 2.81. The first kappa shape index (κ1) is 20.4. The highest BCUT2D eigenvalue weighted by atomic mass is 16.5. The molecule has 6 heteroatoms. The summed E-state index contributed by atoms with van der Waals surface area (Å²) in [5, 5.41) is 0.